The summed E-state index contributed by atoms with van der Waals surface area (Å²) in [7, 11) is -31.1. The van der Waals surface area contributed by atoms with E-state index in [1.165, 1.54) is 0 Å². The molecule has 224 valence electrons. The summed E-state index contributed by atoms with van der Waals surface area (Å²) in [6.45, 7) is 0. The van der Waals surface area contributed by atoms with Gasteiger partial charge in [-0.25, -0.2) is 0 Å². The Labute approximate surface area is 232 Å². The van der Waals surface area contributed by atoms with E-state index in [1.807, 2.05) is 0 Å². The molecule has 49 heterocycles. The Morgan fingerprint density at radius 1 is 0.167 bits per heavy atom. The topological polar surface area (TPSA) is 258 Å². The highest BCUT2D eigenvalue weighted by atomic mass is 28.5. The first-order valence-electron chi connectivity index (χ1n) is 11.4. The van der Waals surface area contributed by atoms with Gasteiger partial charge in [-0.15, -0.1) is 0 Å². The van der Waals surface area contributed by atoms with E-state index in [-0.39, 0.29) is 0 Å². The summed E-state index contributed by atoms with van der Waals surface area (Å²) >= 11 is 0. The largest absolute Gasteiger partial charge is 0.691 e. The molecule has 0 radical (unpaired) electrons. The predicted molar refractivity (Wildman–Crippen MR) is 92.8 cm³/mol. The Hall–Kier alpha value is 0.615. The van der Waals surface area contributed by atoms with Crippen molar-refractivity contribution < 1.29 is 123 Å². The Balaban J connectivity index is 0.727. The lowest BCUT2D eigenvalue weighted by Crippen LogP contribution is -3.02. The molecule has 0 amide bonds. The summed E-state index contributed by atoms with van der Waals surface area (Å²) < 4.78 is 154. The van der Waals surface area contributed by atoms with E-state index in [4.69, 9.17) is 123 Å². The molecule has 49 fully saturated rings. The molecule has 6 spiro atoms. The third-order valence-electron chi connectivity index (χ3n) is 7.00. The first kappa shape index (κ1) is 23.0. The zero-order valence-corrected chi connectivity index (χ0v) is 26.4. The van der Waals surface area contributed by atoms with E-state index in [2.05, 4.69) is 0 Å². The molecule has 36 heteroatoms. The Morgan fingerprint density at radius 2 is 0.262 bits per heavy atom. The molecule has 0 atom stereocenters. The average molecular weight is 745 g/mol. The summed E-state index contributed by atoms with van der Waals surface area (Å²) in [5.41, 5.74) is 0. The lowest BCUT2D eigenvalue weighted by atomic mass is 11.2. The van der Waals surface area contributed by atoms with Gasteiger partial charge in [-0.05, 0) is 0 Å². The van der Waals surface area contributed by atoms with Gasteiger partial charge < -0.3 is 16.5 Å². The van der Waals surface area contributed by atoms with Crippen LogP contribution in [0.3, 0.4) is 0 Å². The monoisotopic (exact) mass is 744 g/mol. The maximum Gasteiger partial charge on any atom is 0.691 e. The molecule has 0 saturated carbocycles. The zero-order chi connectivity index (χ0) is 26.8. The van der Waals surface area contributed by atoms with E-state index in [1.54, 1.807) is 0 Å². The third kappa shape index (κ3) is 2.24. The Kier molecular flexibility index (Phi) is 2.97. The van der Waals surface area contributed by atoms with Gasteiger partial charge in [0.05, 0.1) is 0 Å². The van der Waals surface area contributed by atoms with Crippen LogP contribution in [0.1, 0.15) is 0 Å². The maximum absolute atomic E-state index is 5.66. The van der Waals surface area contributed by atoms with Crippen molar-refractivity contribution in [3.63, 3.8) is 0 Å². The molecule has 49 rings (SSSR count). The quantitative estimate of drug-likeness (QED) is 0.209. The van der Waals surface area contributed by atoms with Crippen LogP contribution in [0.2, 0.25) is 0 Å². The van der Waals surface area contributed by atoms with Crippen LogP contribution < -0.4 is 0 Å². The van der Waals surface area contributed by atoms with Gasteiger partial charge in [0, 0.05) is 0 Å². The minimum Gasteiger partial charge on any atom is -0.325 e. The van der Waals surface area contributed by atoms with E-state index < -0.39 is 109 Å². The minimum absolute atomic E-state index is 1.92. The molecule has 0 aromatic rings. The molecular formula is C6O28Si8. The standard InChI is InChI=1S/C6O28Si8/c7-1-8-35(7,9-1)31-36-10-2(11-36,12-36)21-41-27-6(28-41)29-42(30-6,34-41)22-4-16-38(17-4,18-4)32-37-13-3(14-37,15-37)20-40-25-5(26-40)23-39(19-1,24-5)33-40. The fourth-order valence-corrected chi connectivity index (χ4v) is 25.7. The second-order valence-corrected chi connectivity index (χ2v) is 26.0. The second kappa shape index (κ2) is 5.41. The van der Waals surface area contributed by atoms with Gasteiger partial charge in [0.15, 0.2) is 0 Å². The van der Waals surface area contributed by atoms with Gasteiger partial charge in [-0.1, -0.05) is 0 Å². The van der Waals surface area contributed by atoms with Crippen LogP contribution in [-0.2, 0) is 123 Å². The number of hydrogen-bond donors (Lipinski definition) is 0. The van der Waals surface area contributed by atoms with Crippen LogP contribution in [-0.4, -0.2) is 109 Å². The maximum atomic E-state index is 5.66. The molecule has 49 aliphatic heterocycles. The van der Waals surface area contributed by atoms with Crippen LogP contribution in [0.15, 0.2) is 0 Å². The Morgan fingerprint density at radius 3 is 0.357 bits per heavy atom. The van der Waals surface area contributed by atoms with Gasteiger partial charge >= 0.3 is 109 Å². The van der Waals surface area contributed by atoms with E-state index >= 15 is 0 Å². The highest BCUT2D eigenvalue weighted by molar-refractivity contribution is 6.77. The molecule has 14 bridgehead atoms. The summed E-state index contributed by atoms with van der Waals surface area (Å²) in [5, 5.41) is 0. The Bertz CT molecular complexity index is 1220. The summed E-state index contributed by atoms with van der Waals surface area (Å²) in [4.78, 5) is 0. The minimum atomic E-state index is -4.03. The molecule has 28 nitrogen and oxygen atoms in total. The van der Waals surface area contributed by atoms with Crippen molar-refractivity contribution in [3.8, 4) is 0 Å². The van der Waals surface area contributed by atoms with Crippen LogP contribution >= 0.6 is 0 Å². The van der Waals surface area contributed by atoms with Crippen molar-refractivity contribution in [2.24, 2.45) is 0 Å². The smallest absolute Gasteiger partial charge is 0.325 e. The highest BCUT2D eigenvalue weighted by Crippen LogP contribution is 2.68. The SMILES string of the molecule is O1C23O[Si]1(O2)O[Si]12OC(O1)(O2)O[Si]12OC4(O1)O[Si](O4)(OC14O[Si](O1)(O4)O[Si]14OC(O1)(O4)O[Si]14OC5(O[Si](O5)(O3)O1)O4)O2. The van der Waals surface area contributed by atoms with E-state index in [9.17, 15) is 0 Å². The summed E-state index contributed by atoms with van der Waals surface area (Å²) in [6, 6.07) is 0. The van der Waals surface area contributed by atoms with Crippen LogP contribution in [0.25, 0.3) is 0 Å². The lowest BCUT2D eigenvalue weighted by molar-refractivity contribution is -0.655. The van der Waals surface area contributed by atoms with Crippen LogP contribution in [0, 0.1) is 0 Å². The average Bonchev–Trinajstić information content (AvgIpc) is 2.65. The predicted octanol–water partition coefficient (Wildman–Crippen LogP) is -6.19. The summed E-state index contributed by atoms with van der Waals surface area (Å²) in [6.07, 6.45) is -12.1. The molecular weight excluding hydrogens is 745 g/mol. The second-order valence-electron chi connectivity index (χ2n) is 9.86. The number of rotatable bonds is 0. The van der Waals surface area contributed by atoms with E-state index in [0.29, 0.717) is 0 Å². The first-order valence-corrected chi connectivity index (χ1v) is 24.5. The molecule has 49 saturated heterocycles. The van der Waals surface area contributed by atoms with E-state index in [0.717, 1.165) is 0 Å². The fraction of sp³-hybridized carbons (Fsp3) is 1.00. The van der Waals surface area contributed by atoms with Crippen LogP contribution in [0.4, 0.5) is 0 Å². The van der Waals surface area contributed by atoms with Gasteiger partial charge in [-0.3, -0.25) is 106 Å². The molecule has 0 aliphatic carbocycles. The van der Waals surface area contributed by atoms with Gasteiger partial charge in [0.25, 0.3) is 0 Å². The van der Waals surface area contributed by atoms with Crippen molar-refractivity contribution >= 4 is 72.4 Å². The van der Waals surface area contributed by atoms with Crippen molar-refractivity contribution in [1.29, 1.82) is 0 Å². The van der Waals surface area contributed by atoms with Gasteiger partial charge in [-0.2, -0.15) is 0 Å². The normalized spacial score (nSPS) is 80.0. The molecule has 42 heavy (non-hydrogen) atoms. The summed E-state index contributed by atoms with van der Waals surface area (Å²) in [5.74, 6) is 0. The first-order chi connectivity index (χ1) is 19.8. The molecule has 49 aliphatic rings. The molecule has 0 aromatic carbocycles. The lowest BCUT2D eigenvalue weighted by Gasteiger charge is -2.72. The van der Waals surface area contributed by atoms with Gasteiger partial charge in [0.1, 0.15) is 0 Å². The van der Waals surface area contributed by atoms with Gasteiger partial charge in [0.2, 0.25) is 0 Å². The number of hydrogen-bond acceptors (Lipinski definition) is 28. The van der Waals surface area contributed by atoms with Crippen molar-refractivity contribution in [2.45, 2.75) is 37.0 Å². The zero-order valence-electron chi connectivity index (χ0n) is 18.4. The van der Waals surface area contributed by atoms with Crippen LogP contribution in [0.5, 0.6) is 0 Å². The van der Waals surface area contributed by atoms with Crippen molar-refractivity contribution in [3.05, 3.63) is 0 Å². The fourth-order valence-electron chi connectivity index (χ4n) is 5.49. The van der Waals surface area contributed by atoms with Crippen molar-refractivity contribution in [2.75, 3.05) is 0 Å². The third-order valence-corrected chi connectivity index (χ3v) is 27.0. The molecule has 0 unspecified atom stereocenters. The van der Waals surface area contributed by atoms with Crippen molar-refractivity contribution in [1.82, 2.24) is 0 Å². The molecule has 0 aromatic heterocycles. The molecule has 0 N–H and O–H groups in total. The highest BCUT2D eigenvalue weighted by Gasteiger charge is 3.04.